The molecule has 0 amide bonds. The van der Waals surface area contributed by atoms with E-state index in [9.17, 15) is 8.42 Å². The number of pyridine rings is 1. The highest BCUT2D eigenvalue weighted by Crippen LogP contribution is 2.20. The Morgan fingerprint density at radius 3 is 2.81 bits per heavy atom. The van der Waals surface area contributed by atoms with Crippen LogP contribution in [-0.4, -0.2) is 19.9 Å². The second kappa shape index (κ2) is 6.39. The average Bonchev–Trinajstić information content (AvgIpc) is 2.47. The van der Waals surface area contributed by atoms with Gasteiger partial charge in [0.1, 0.15) is 4.90 Å². The number of sulfonamides is 1. The summed E-state index contributed by atoms with van der Waals surface area (Å²) in [6.45, 7) is 2.09. The van der Waals surface area contributed by atoms with Crippen LogP contribution in [0, 0.1) is 18.8 Å². The third kappa shape index (κ3) is 3.81. The van der Waals surface area contributed by atoms with Crippen molar-refractivity contribution in [1.82, 2.24) is 4.98 Å². The van der Waals surface area contributed by atoms with Crippen LogP contribution in [0.2, 0.25) is 0 Å². The maximum absolute atomic E-state index is 12.3. The van der Waals surface area contributed by atoms with E-state index in [4.69, 9.17) is 5.73 Å². The number of aromatic nitrogens is 1. The molecular formula is C15H15N3O2S. The second-order valence-corrected chi connectivity index (χ2v) is 6.03. The molecule has 0 aliphatic heterocycles. The molecule has 5 nitrogen and oxygen atoms in total. The van der Waals surface area contributed by atoms with Crippen LogP contribution in [0.1, 0.15) is 11.1 Å². The van der Waals surface area contributed by atoms with E-state index in [0.29, 0.717) is 11.3 Å². The molecule has 6 heteroatoms. The fraction of sp³-hybridized carbons (Fsp3) is 0.133. The lowest BCUT2D eigenvalue weighted by atomic mass is 10.1. The zero-order valence-electron chi connectivity index (χ0n) is 11.5. The minimum absolute atomic E-state index is 0.101. The van der Waals surface area contributed by atoms with E-state index in [0.717, 1.165) is 5.56 Å². The first-order valence-electron chi connectivity index (χ1n) is 6.25. The molecular weight excluding hydrogens is 286 g/mol. The summed E-state index contributed by atoms with van der Waals surface area (Å²) in [5, 5.41) is 0. The lowest BCUT2D eigenvalue weighted by molar-refractivity contribution is 0.601. The fourth-order valence-electron chi connectivity index (χ4n) is 1.71. The summed E-state index contributed by atoms with van der Waals surface area (Å²) in [6, 6.07) is 8.41. The van der Waals surface area contributed by atoms with Gasteiger partial charge in [-0.15, -0.1) is 0 Å². The summed E-state index contributed by atoms with van der Waals surface area (Å²) in [4.78, 5) is 3.92. The number of aryl methyl sites for hydroxylation is 1. The molecule has 0 unspecified atom stereocenters. The minimum atomic E-state index is -3.69. The van der Waals surface area contributed by atoms with Crippen molar-refractivity contribution >= 4 is 15.7 Å². The Morgan fingerprint density at radius 2 is 2.14 bits per heavy atom. The Morgan fingerprint density at radius 1 is 1.33 bits per heavy atom. The molecule has 2 rings (SSSR count). The molecule has 0 saturated carbocycles. The molecule has 0 fully saturated rings. The standard InChI is InChI=1S/C15H15N3O2S/c1-12-6-7-13(4-2-8-16)15(10-12)18-21(19,20)14-5-3-9-17-11-14/h3,5-7,9-11,18H,8,16H2,1H3. The Kier molecular flexibility index (Phi) is 4.58. The molecule has 0 aliphatic rings. The quantitative estimate of drug-likeness (QED) is 0.841. The van der Waals surface area contributed by atoms with Gasteiger partial charge in [-0.3, -0.25) is 9.71 Å². The molecule has 0 atom stereocenters. The highest BCUT2D eigenvalue weighted by Gasteiger charge is 2.15. The van der Waals surface area contributed by atoms with E-state index in [1.807, 2.05) is 13.0 Å². The third-order valence-corrected chi connectivity index (χ3v) is 4.04. The van der Waals surface area contributed by atoms with Crippen LogP contribution in [0.25, 0.3) is 0 Å². The monoisotopic (exact) mass is 301 g/mol. The maximum Gasteiger partial charge on any atom is 0.263 e. The summed E-state index contributed by atoms with van der Waals surface area (Å²) >= 11 is 0. The van der Waals surface area contributed by atoms with Crippen molar-refractivity contribution in [3.05, 3.63) is 53.9 Å². The van der Waals surface area contributed by atoms with E-state index < -0.39 is 10.0 Å². The Balaban J connectivity index is 2.41. The molecule has 2 aromatic rings. The van der Waals surface area contributed by atoms with E-state index in [1.54, 1.807) is 18.2 Å². The molecule has 0 spiro atoms. The molecule has 0 aliphatic carbocycles. The van der Waals surface area contributed by atoms with Gasteiger partial charge in [-0.05, 0) is 36.8 Å². The average molecular weight is 301 g/mol. The molecule has 1 aromatic heterocycles. The highest BCUT2D eigenvalue weighted by atomic mass is 32.2. The van der Waals surface area contributed by atoms with Gasteiger partial charge in [-0.2, -0.15) is 0 Å². The van der Waals surface area contributed by atoms with Gasteiger partial charge >= 0.3 is 0 Å². The van der Waals surface area contributed by atoms with Crippen LogP contribution in [0.3, 0.4) is 0 Å². The van der Waals surface area contributed by atoms with Gasteiger partial charge in [-0.1, -0.05) is 17.9 Å². The van der Waals surface area contributed by atoms with Gasteiger partial charge in [-0.25, -0.2) is 8.42 Å². The van der Waals surface area contributed by atoms with Crippen molar-refractivity contribution in [2.45, 2.75) is 11.8 Å². The summed E-state index contributed by atoms with van der Waals surface area (Å²) in [5.74, 6) is 5.58. The van der Waals surface area contributed by atoms with Gasteiger partial charge in [0, 0.05) is 18.0 Å². The first-order chi connectivity index (χ1) is 10.0. The Hall–Kier alpha value is -2.36. The zero-order chi connectivity index (χ0) is 15.3. The minimum Gasteiger partial charge on any atom is -0.320 e. The number of nitrogens with two attached hydrogens (primary N) is 1. The topological polar surface area (TPSA) is 85.1 Å². The van der Waals surface area contributed by atoms with Crippen LogP contribution in [-0.2, 0) is 10.0 Å². The lowest BCUT2D eigenvalue weighted by Crippen LogP contribution is -2.14. The smallest absolute Gasteiger partial charge is 0.263 e. The number of hydrogen-bond donors (Lipinski definition) is 2. The summed E-state index contributed by atoms with van der Waals surface area (Å²) in [5.41, 5.74) is 7.29. The number of hydrogen-bond acceptors (Lipinski definition) is 4. The van der Waals surface area contributed by atoms with E-state index in [-0.39, 0.29) is 11.4 Å². The van der Waals surface area contributed by atoms with Crippen LogP contribution in [0.5, 0.6) is 0 Å². The van der Waals surface area contributed by atoms with Gasteiger partial charge in [0.05, 0.1) is 12.2 Å². The Labute approximate surface area is 124 Å². The molecule has 0 bridgehead atoms. The van der Waals surface area contributed by atoms with Crippen molar-refractivity contribution in [2.75, 3.05) is 11.3 Å². The maximum atomic E-state index is 12.3. The molecule has 0 radical (unpaired) electrons. The largest absolute Gasteiger partial charge is 0.320 e. The molecule has 108 valence electrons. The van der Waals surface area contributed by atoms with Crippen LogP contribution >= 0.6 is 0 Å². The normalized spacial score (nSPS) is 10.6. The lowest BCUT2D eigenvalue weighted by Gasteiger charge is -2.10. The number of rotatable bonds is 3. The summed E-state index contributed by atoms with van der Waals surface area (Å²) in [7, 11) is -3.69. The fourth-order valence-corrected chi connectivity index (χ4v) is 2.74. The van der Waals surface area contributed by atoms with Gasteiger partial charge in [0.25, 0.3) is 10.0 Å². The second-order valence-electron chi connectivity index (χ2n) is 4.35. The summed E-state index contributed by atoms with van der Waals surface area (Å²) < 4.78 is 27.2. The van der Waals surface area contributed by atoms with Crippen molar-refractivity contribution in [1.29, 1.82) is 0 Å². The number of nitrogens with one attached hydrogen (secondary N) is 1. The van der Waals surface area contributed by atoms with Crippen LogP contribution in [0.15, 0.2) is 47.6 Å². The highest BCUT2D eigenvalue weighted by molar-refractivity contribution is 7.92. The molecule has 1 heterocycles. The van der Waals surface area contributed by atoms with E-state index in [1.165, 1.54) is 18.5 Å². The number of anilines is 1. The van der Waals surface area contributed by atoms with E-state index in [2.05, 4.69) is 21.5 Å². The summed E-state index contributed by atoms with van der Waals surface area (Å²) in [6.07, 6.45) is 2.81. The molecule has 3 N–H and O–H groups in total. The van der Waals surface area contributed by atoms with Crippen molar-refractivity contribution < 1.29 is 8.42 Å². The van der Waals surface area contributed by atoms with Gasteiger partial charge < -0.3 is 5.73 Å². The first-order valence-corrected chi connectivity index (χ1v) is 7.73. The van der Waals surface area contributed by atoms with Gasteiger partial charge in [0.15, 0.2) is 0 Å². The zero-order valence-corrected chi connectivity index (χ0v) is 12.3. The third-order valence-electron chi connectivity index (χ3n) is 2.69. The SMILES string of the molecule is Cc1ccc(C#CCN)c(NS(=O)(=O)c2cccnc2)c1. The molecule has 1 aromatic carbocycles. The predicted octanol–water partition coefficient (Wildman–Crippen LogP) is 1.50. The first kappa shape index (κ1) is 15.0. The number of nitrogens with zero attached hydrogens (tertiary/aromatic N) is 1. The van der Waals surface area contributed by atoms with Gasteiger partial charge in [0.2, 0.25) is 0 Å². The van der Waals surface area contributed by atoms with Crippen molar-refractivity contribution in [3.63, 3.8) is 0 Å². The van der Waals surface area contributed by atoms with Crippen molar-refractivity contribution in [3.8, 4) is 11.8 Å². The van der Waals surface area contributed by atoms with Crippen LogP contribution < -0.4 is 10.5 Å². The molecule has 0 saturated heterocycles. The van der Waals surface area contributed by atoms with E-state index >= 15 is 0 Å². The number of benzene rings is 1. The van der Waals surface area contributed by atoms with Crippen LogP contribution in [0.4, 0.5) is 5.69 Å². The molecule has 21 heavy (non-hydrogen) atoms. The predicted molar refractivity (Wildman–Crippen MR) is 82.2 cm³/mol. The Bertz CT molecular complexity index is 791. The van der Waals surface area contributed by atoms with Crippen molar-refractivity contribution in [2.24, 2.45) is 5.73 Å².